The van der Waals surface area contributed by atoms with Gasteiger partial charge in [-0.2, -0.15) is 0 Å². The molecule has 0 aliphatic heterocycles. The van der Waals surface area contributed by atoms with Crippen molar-refractivity contribution in [1.82, 2.24) is 4.90 Å². The molecular formula is C13H27NO3. The molecule has 0 rings (SSSR count). The summed E-state index contributed by atoms with van der Waals surface area (Å²) in [7, 11) is 0. The first-order valence-corrected chi connectivity index (χ1v) is 6.72. The zero-order valence-electron chi connectivity index (χ0n) is 11.3. The van der Waals surface area contributed by atoms with E-state index in [0.717, 1.165) is 39.1 Å². The third-order valence-electron chi connectivity index (χ3n) is 2.69. The first kappa shape index (κ1) is 16.4. The number of nitrogens with zero attached hydrogens (tertiary/aromatic N) is 1. The lowest BCUT2D eigenvalue weighted by atomic mass is 10.2. The average Bonchev–Trinajstić information content (AvgIpc) is 2.30. The third kappa shape index (κ3) is 11.6. The first-order chi connectivity index (χ1) is 8.20. The van der Waals surface area contributed by atoms with Crippen molar-refractivity contribution in [3.05, 3.63) is 0 Å². The predicted molar refractivity (Wildman–Crippen MR) is 69.3 cm³/mol. The summed E-state index contributed by atoms with van der Waals surface area (Å²) in [5.41, 5.74) is 0. The van der Waals surface area contributed by atoms with Crippen molar-refractivity contribution in [3.8, 4) is 0 Å². The van der Waals surface area contributed by atoms with E-state index in [1.807, 2.05) is 6.92 Å². The molecule has 0 atom stereocenters. The molecule has 0 aromatic rings. The van der Waals surface area contributed by atoms with E-state index in [0.29, 0.717) is 6.54 Å². The van der Waals surface area contributed by atoms with Crippen LogP contribution in [0.2, 0.25) is 0 Å². The van der Waals surface area contributed by atoms with Gasteiger partial charge in [0.2, 0.25) is 0 Å². The predicted octanol–water partition coefficient (Wildman–Crippen LogP) is 2.38. The highest BCUT2D eigenvalue weighted by Crippen LogP contribution is 2.01. The lowest BCUT2D eigenvalue weighted by molar-refractivity contribution is -0.137. The zero-order valence-corrected chi connectivity index (χ0v) is 11.3. The van der Waals surface area contributed by atoms with E-state index in [-0.39, 0.29) is 6.42 Å². The molecular weight excluding hydrogens is 218 g/mol. The molecule has 4 nitrogen and oxygen atoms in total. The van der Waals surface area contributed by atoms with Gasteiger partial charge in [0.1, 0.15) is 0 Å². The number of carboxylic acids is 1. The van der Waals surface area contributed by atoms with Gasteiger partial charge in [0.25, 0.3) is 0 Å². The molecule has 0 saturated heterocycles. The topological polar surface area (TPSA) is 49.8 Å². The molecule has 4 heteroatoms. The molecule has 0 spiro atoms. The summed E-state index contributed by atoms with van der Waals surface area (Å²) >= 11 is 0. The Morgan fingerprint density at radius 1 is 1.12 bits per heavy atom. The molecule has 1 N–H and O–H groups in total. The highest BCUT2D eigenvalue weighted by Gasteiger charge is 2.06. The summed E-state index contributed by atoms with van der Waals surface area (Å²) in [6.45, 7) is 8.30. The standard InChI is InChI=1S/C13H27NO3/c1-3-5-6-9-14(11-8-13(15)16)10-7-12-17-4-2/h3-12H2,1-2H3,(H,15,16). The summed E-state index contributed by atoms with van der Waals surface area (Å²) < 4.78 is 5.29. The van der Waals surface area contributed by atoms with Gasteiger partial charge in [0.15, 0.2) is 0 Å². The van der Waals surface area contributed by atoms with Gasteiger partial charge < -0.3 is 14.7 Å². The minimum absolute atomic E-state index is 0.237. The average molecular weight is 245 g/mol. The van der Waals surface area contributed by atoms with Gasteiger partial charge in [-0.05, 0) is 26.3 Å². The molecule has 0 aromatic carbocycles. The van der Waals surface area contributed by atoms with Gasteiger partial charge in [0, 0.05) is 26.3 Å². The molecule has 17 heavy (non-hydrogen) atoms. The van der Waals surface area contributed by atoms with Crippen LogP contribution in [-0.2, 0) is 9.53 Å². The van der Waals surface area contributed by atoms with Gasteiger partial charge in [-0.1, -0.05) is 19.8 Å². The van der Waals surface area contributed by atoms with Crippen molar-refractivity contribution < 1.29 is 14.6 Å². The van der Waals surface area contributed by atoms with Crippen LogP contribution in [0.25, 0.3) is 0 Å². The van der Waals surface area contributed by atoms with Crippen LogP contribution in [0.1, 0.15) is 46.0 Å². The zero-order chi connectivity index (χ0) is 12.9. The molecule has 0 saturated carbocycles. The second-order valence-corrected chi connectivity index (χ2v) is 4.24. The highest BCUT2D eigenvalue weighted by molar-refractivity contribution is 5.66. The second-order valence-electron chi connectivity index (χ2n) is 4.24. The van der Waals surface area contributed by atoms with Gasteiger partial charge in [-0.25, -0.2) is 0 Å². The minimum atomic E-state index is -0.713. The summed E-state index contributed by atoms with van der Waals surface area (Å²) in [5.74, 6) is -0.713. The van der Waals surface area contributed by atoms with Crippen LogP contribution in [0.4, 0.5) is 0 Å². The Labute approximate surface area is 105 Å². The number of hydrogen-bond donors (Lipinski definition) is 1. The normalized spacial score (nSPS) is 11.0. The summed E-state index contributed by atoms with van der Waals surface area (Å²) in [6.07, 6.45) is 4.80. The summed E-state index contributed by atoms with van der Waals surface area (Å²) in [5, 5.41) is 8.69. The lowest BCUT2D eigenvalue weighted by Crippen LogP contribution is -2.29. The van der Waals surface area contributed by atoms with E-state index < -0.39 is 5.97 Å². The monoisotopic (exact) mass is 245 g/mol. The molecule has 0 radical (unpaired) electrons. The fraction of sp³-hybridized carbons (Fsp3) is 0.923. The minimum Gasteiger partial charge on any atom is -0.481 e. The molecule has 0 aliphatic rings. The van der Waals surface area contributed by atoms with Crippen LogP contribution in [0, 0.1) is 0 Å². The Balaban J connectivity index is 3.71. The van der Waals surface area contributed by atoms with Gasteiger partial charge >= 0.3 is 5.97 Å². The number of rotatable bonds is 12. The van der Waals surface area contributed by atoms with Crippen LogP contribution >= 0.6 is 0 Å². The largest absolute Gasteiger partial charge is 0.481 e. The van der Waals surface area contributed by atoms with Gasteiger partial charge in [-0.15, -0.1) is 0 Å². The summed E-state index contributed by atoms with van der Waals surface area (Å²) in [4.78, 5) is 12.8. The van der Waals surface area contributed by atoms with E-state index in [1.165, 1.54) is 12.8 Å². The SMILES string of the molecule is CCCCCN(CCCOCC)CCC(=O)O. The smallest absolute Gasteiger partial charge is 0.304 e. The number of hydrogen-bond acceptors (Lipinski definition) is 3. The van der Waals surface area contributed by atoms with E-state index in [1.54, 1.807) is 0 Å². The number of carbonyl (C=O) groups is 1. The van der Waals surface area contributed by atoms with Crippen LogP contribution in [-0.4, -0.2) is 48.8 Å². The molecule has 0 aliphatic carbocycles. The van der Waals surface area contributed by atoms with Crippen molar-refractivity contribution in [3.63, 3.8) is 0 Å². The number of ether oxygens (including phenoxy) is 1. The van der Waals surface area contributed by atoms with Crippen LogP contribution in [0.15, 0.2) is 0 Å². The Kier molecular flexibility index (Phi) is 11.4. The molecule has 0 heterocycles. The van der Waals surface area contributed by atoms with Crippen LogP contribution < -0.4 is 0 Å². The van der Waals surface area contributed by atoms with Crippen molar-refractivity contribution in [2.24, 2.45) is 0 Å². The quantitative estimate of drug-likeness (QED) is 0.536. The number of carboxylic acid groups (broad SMARTS) is 1. The maximum absolute atomic E-state index is 10.6. The van der Waals surface area contributed by atoms with Crippen molar-refractivity contribution >= 4 is 5.97 Å². The molecule has 0 bridgehead atoms. The Bertz CT molecular complexity index is 186. The van der Waals surface area contributed by atoms with E-state index in [2.05, 4.69) is 11.8 Å². The molecule has 0 aromatic heterocycles. The van der Waals surface area contributed by atoms with Crippen LogP contribution in [0.3, 0.4) is 0 Å². The maximum Gasteiger partial charge on any atom is 0.304 e. The Hall–Kier alpha value is -0.610. The summed E-state index contributed by atoms with van der Waals surface area (Å²) in [6, 6.07) is 0. The van der Waals surface area contributed by atoms with Crippen LogP contribution in [0.5, 0.6) is 0 Å². The van der Waals surface area contributed by atoms with E-state index in [9.17, 15) is 4.79 Å². The van der Waals surface area contributed by atoms with Crippen molar-refractivity contribution in [2.45, 2.75) is 46.0 Å². The van der Waals surface area contributed by atoms with Crippen molar-refractivity contribution in [1.29, 1.82) is 0 Å². The van der Waals surface area contributed by atoms with E-state index >= 15 is 0 Å². The number of aliphatic carboxylic acids is 1. The first-order valence-electron chi connectivity index (χ1n) is 6.72. The van der Waals surface area contributed by atoms with Crippen molar-refractivity contribution in [2.75, 3.05) is 32.8 Å². The molecule has 102 valence electrons. The second kappa shape index (κ2) is 11.9. The molecule has 0 amide bonds. The van der Waals surface area contributed by atoms with Gasteiger partial charge in [-0.3, -0.25) is 4.79 Å². The molecule has 0 unspecified atom stereocenters. The Morgan fingerprint density at radius 3 is 2.41 bits per heavy atom. The van der Waals surface area contributed by atoms with Gasteiger partial charge in [0.05, 0.1) is 6.42 Å². The number of unbranched alkanes of at least 4 members (excludes halogenated alkanes) is 2. The van der Waals surface area contributed by atoms with E-state index in [4.69, 9.17) is 9.84 Å². The lowest BCUT2D eigenvalue weighted by Gasteiger charge is -2.21. The third-order valence-corrected chi connectivity index (χ3v) is 2.69. The molecule has 0 fully saturated rings. The maximum atomic E-state index is 10.6. The fourth-order valence-electron chi connectivity index (χ4n) is 1.71. The highest BCUT2D eigenvalue weighted by atomic mass is 16.5. The fourth-order valence-corrected chi connectivity index (χ4v) is 1.71. The Morgan fingerprint density at radius 2 is 1.82 bits per heavy atom.